The lowest BCUT2D eigenvalue weighted by Crippen LogP contribution is -2.48. The minimum Gasteiger partial charge on any atom is -0.354 e. The lowest BCUT2D eigenvalue weighted by molar-refractivity contribution is 0.184. The molecule has 4 nitrogen and oxygen atoms in total. The fourth-order valence-corrected chi connectivity index (χ4v) is 5.61. The molecule has 26 heavy (non-hydrogen) atoms. The van der Waals surface area contributed by atoms with Crippen LogP contribution in [0.4, 0.5) is 0 Å². The number of sulfonamides is 1. The molecular formula is C21H32N2O2S. The molecular weight excluding hydrogens is 344 g/mol. The third-order valence-electron chi connectivity index (χ3n) is 5.95. The second-order valence-electron chi connectivity index (χ2n) is 8.04. The Kier molecular flexibility index (Phi) is 6.38. The van der Waals surface area contributed by atoms with Gasteiger partial charge in [0, 0.05) is 18.5 Å². The third-order valence-corrected chi connectivity index (χ3v) is 7.27. The molecule has 5 heteroatoms. The van der Waals surface area contributed by atoms with E-state index in [0.29, 0.717) is 22.9 Å². The van der Waals surface area contributed by atoms with Crippen molar-refractivity contribution in [3.63, 3.8) is 0 Å². The van der Waals surface area contributed by atoms with Gasteiger partial charge in [-0.3, -0.25) is 0 Å². The van der Waals surface area contributed by atoms with E-state index in [9.17, 15) is 8.42 Å². The van der Waals surface area contributed by atoms with Crippen molar-refractivity contribution in [3.8, 4) is 0 Å². The summed E-state index contributed by atoms with van der Waals surface area (Å²) in [7, 11) is -3.66. The molecule has 1 heterocycles. The van der Waals surface area contributed by atoms with Crippen molar-refractivity contribution < 1.29 is 8.42 Å². The summed E-state index contributed by atoms with van der Waals surface area (Å²) < 4.78 is 30.3. The Labute approximate surface area is 158 Å². The Hall–Kier alpha value is -1.36. The fourth-order valence-electron chi connectivity index (χ4n) is 4.55. The first-order valence-electron chi connectivity index (χ1n) is 10.1. The maximum atomic E-state index is 12.9. The Morgan fingerprint density at radius 1 is 0.962 bits per heavy atom. The molecule has 1 aromatic rings. The fraction of sp³-hybridized carbons (Fsp3) is 0.667. The average molecular weight is 377 g/mol. The van der Waals surface area contributed by atoms with Gasteiger partial charge in [0.15, 0.2) is 0 Å². The van der Waals surface area contributed by atoms with Gasteiger partial charge in [0.2, 0.25) is 0 Å². The van der Waals surface area contributed by atoms with E-state index in [2.05, 4.69) is 23.1 Å². The monoisotopic (exact) mass is 376 g/mol. The van der Waals surface area contributed by atoms with E-state index in [1.54, 1.807) is 24.3 Å². The highest BCUT2D eigenvalue weighted by Gasteiger charge is 2.31. The largest absolute Gasteiger partial charge is 0.354 e. The Morgan fingerprint density at radius 2 is 1.58 bits per heavy atom. The first-order valence-corrected chi connectivity index (χ1v) is 11.6. The predicted octanol–water partition coefficient (Wildman–Crippen LogP) is 5.01. The molecule has 3 rings (SSSR count). The summed E-state index contributed by atoms with van der Waals surface area (Å²) in [4.78, 5) is 2.59. The highest BCUT2D eigenvalue weighted by molar-refractivity contribution is 7.90. The first-order chi connectivity index (χ1) is 12.5. The van der Waals surface area contributed by atoms with Crippen LogP contribution in [0, 0.1) is 5.92 Å². The van der Waals surface area contributed by atoms with Crippen LogP contribution in [-0.4, -0.2) is 31.2 Å². The molecule has 1 aliphatic carbocycles. The van der Waals surface area contributed by atoms with E-state index >= 15 is 0 Å². The summed E-state index contributed by atoms with van der Waals surface area (Å²) in [5, 5.41) is 0. The van der Waals surface area contributed by atoms with Crippen LogP contribution in [0.2, 0.25) is 0 Å². The van der Waals surface area contributed by atoms with Crippen molar-refractivity contribution >= 4 is 15.9 Å². The Bertz CT molecular complexity index is 699. The molecule has 0 amide bonds. The zero-order valence-corrected chi connectivity index (χ0v) is 16.9. The minimum atomic E-state index is -3.66. The van der Waals surface area contributed by atoms with Gasteiger partial charge in [0.05, 0.1) is 4.90 Å². The van der Waals surface area contributed by atoms with Crippen molar-refractivity contribution in [2.24, 2.45) is 10.3 Å². The van der Waals surface area contributed by atoms with Crippen LogP contribution in [-0.2, 0) is 10.0 Å². The summed E-state index contributed by atoms with van der Waals surface area (Å²) in [6.07, 6.45) is 10.4. The number of likely N-dealkylation sites (tertiary alicyclic amines) is 1. The van der Waals surface area contributed by atoms with Gasteiger partial charge >= 0.3 is 0 Å². The average Bonchev–Trinajstić information content (AvgIpc) is 2.63. The number of amidine groups is 1. The van der Waals surface area contributed by atoms with Crippen LogP contribution < -0.4 is 0 Å². The van der Waals surface area contributed by atoms with Gasteiger partial charge in [0.1, 0.15) is 5.84 Å². The maximum Gasteiger partial charge on any atom is 0.283 e. The van der Waals surface area contributed by atoms with E-state index in [-0.39, 0.29) is 0 Å². The van der Waals surface area contributed by atoms with Gasteiger partial charge in [-0.2, -0.15) is 8.42 Å². The molecule has 0 N–H and O–H groups in total. The number of piperidine rings is 1. The molecule has 1 saturated carbocycles. The van der Waals surface area contributed by atoms with E-state index < -0.39 is 10.0 Å². The van der Waals surface area contributed by atoms with Crippen LogP contribution in [0.25, 0.3) is 0 Å². The van der Waals surface area contributed by atoms with Gasteiger partial charge in [-0.25, -0.2) is 0 Å². The summed E-state index contributed by atoms with van der Waals surface area (Å²) >= 11 is 0. The molecule has 1 aromatic carbocycles. The van der Waals surface area contributed by atoms with E-state index in [1.165, 1.54) is 38.5 Å². The normalized spacial score (nSPS) is 26.1. The molecule has 0 spiro atoms. The first kappa shape index (κ1) is 19.4. The number of benzene rings is 1. The van der Waals surface area contributed by atoms with Crippen molar-refractivity contribution in [1.29, 1.82) is 0 Å². The van der Waals surface area contributed by atoms with Gasteiger partial charge in [-0.05, 0) is 51.2 Å². The lowest BCUT2D eigenvalue weighted by Gasteiger charge is -2.42. The van der Waals surface area contributed by atoms with Crippen molar-refractivity contribution in [2.75, 3.05) is 0 Å². The summed E-state index contributed by atoms with van der Waals surface area (Å²) in [6.45, 7) is 4.42. The van der Waals surface area contributed by atoms with Gasteiger partial charge in [-0.1, -0.05) is 50.3 Å². The van der Waals surface area contributed by atoms with Crippen molar-refractivity contribution in [3.05, 3.63) is 30.3 Å². The smallest absolute Gasteiger partial charge is 0.283 e. The van der Waals surface area contributed by atoms with Gasteiger partial charge in [-0.15, -0.1) is 4.40 Å². The Balaban J connectivity index is 1.93. The molecule has 2 atom stereocenters. The number of hydrogen-bond donors (Lipinski definition) is 0. The molecule has 2 aliphatic rings. The minimum absolute atomic E-state index is 0.290. The topological polar surface area (TPSA) is 49.7 Å². The van der Waals surface area contributed by atoms with Crippen LogP contribution in [0.5, 0.6) is 0 Å². The standard InChI is InChI=1S/C21H32N2O2S/c1-17-10-9-11-18(2)23(17)21(16-19-12-5-3-6-13-19)22-26(24,25)20-14-7-4-8-15-20/h4,7-8,14-15,17-19H,3,5-6,9-13,16H2,1-2H3/b22-21+/t17-,18+. The quantitative estimate of drug-likeness (QED) is 0.548. The van der Waals surface area contributed by atoms with Crippen LogP contribution in [0.1, 0.15) is 71.6 Å². The number of rotatable bonds is 4. The predicted molar refractivity (Wildman–Crippen MR) is 107 cm³/mol. The van der Waals surface area contributed by atoms with E-state index in [1.807, 2.05) is 6.07 Å². The van der Waals surface area contributed by atoms with Crippen molar-refractivity contribution in [2.45, 2.75) is 88.6 Å². The Morgan fingerprint density at radius 3 is 2.19 bits per heavy atom. The van der Waals surface area contributed by atoms with E-state index in [4.69, 9.17) is 0 Å². The van der Waals surface area contributed by atoms with Gasteiger partial charge in [0.25, 0.3) is 10.0 Å². The van der Waals surface area contributed by atoms with Crippen LogP contribution in [0.15, 0.2) is 39.6 Å². The number of hydrogen-bond acceptors (Lipinski definition) is 2. The van der Waals surface area contributed by atoms with Crippen LogP contribution in [0.3, 0.4) is 0 Å². The molecule has 144 valence electrons. The second kappa shape index (κ2) is 8.55. The second-order valence-corrected chi connectivity index (χ2v) is 9.64. The molecule has 0 radical (unpaired) electrons. The summed E-state index contributed by atoms with van der Waals surface area (Å²) in [5.41, 5.74) is 0. The molecule has 0 bridgehead atoms. The molecule has 1 aliphatic heterocycles. The SMILES string of the molecule is C[C@@H]1CCC[C@H](C)N1/C(CC1CCCCC1)=N/S(=O)(=O)c1ccccc1. The highest BCUT2D eigenvalue weighted by Crippen LogP contribution is 2.31. The third kappa shape index (κ3) is 4.67. The lowest BCUT2D eigenvalue weighted by atomic mass is 9.85. The summed E-state index contributed by atoms with van der Waals surface area (Å²) in [6, 6.07) is 9.34. The maximum absolute atomic E-state index is 12.9. The molecule has 0 unspecified atom stereocenters. The molecule has 0 aromatic heterocycles. The zero-order chi connectivity index (χ0) is 18.6. The van der Waals surface area contributed by atoms with E-state index in [0.717, 1.165) is 25.1 Å². The summed E-state index contributed by atoms with van der Waals surface area (Å²) in [5.74, 6) is 1.36. The molecule has 2 fully saturated rings. The number of nitrogens with zero attached hydrogens (tertiary/aromatic N) is 2. The van der Waals surface area contributed by atoms with Gasteiger partial charge < -0.3 is 4.90 Å². The zero-order valence-electron chi connectivity index (χ0n) is 16.1. The van der Waals surface area contributed by atoms with Crippen molar-refractivity contribution in [1.82, 2.24) is 4.90 Å². The van der Waals surface area contributed by atoms with Crippen LogP contribution >= 0.6 is 0 Å². The highest BCUT2D eigenvalue weighted by atomic mass is 32.2. The molecule has 1 saturated heterocycles.